The van der Waals surface area contributed by atoms with E-state index in [9.17, 15) is 29.7 Å². The first-order valence-electron chi connectivity index (χ1n) is 14.6. The van der Waals surface area contributed by atoms with Crippen molar-refractivity contribution in [3.05, 3.63) is 0 Å². The van der Waals surface area contributed by atoms with Gasteiger partial charge in [0.2, 0.25) is 0 Å². The fourth-order valence-corrected chi connectivity index (χ4v) is 4.22. The second-order valence-electron chi connectivity index (χ2n) is 10.2. The molecular weight excluding hydrogens is 528 g/mol. The van der Waals surface area contributed by atoms with Crippen LogP contribution in [0.5, 0.6) is 0 Å². The molecule has 0 bridgehead atoms. The van der Waals surface area contributed by atoms with Crippen molar-refractivity contribution in [2.24, 2.45) is 0 Å². The standard InChI is InChI=1S/C28H50O12/c1-4-6-8-10-12-14-23(33)39-26-25(35)22(18-36-19(3)30)38-28(37-17-21(32)20(31)16-29)27(26)40-24(34)15-13-11-9-7-5-2/h20-22,25-29,31-32,35H,4-18H2,1-3H3/t20-,21+,22+,25+,26-,27-,28+/m0/s1. The van der Waals surface area contributed by atoms with Crippen molar-refractivity contribution in [3.63, 3.8) is 0 Å². The van der Waals surface area contributed by atoms with E-state index < -0.39 is 80.6 Å². The molecule has 234 valence electrons. The van der Waals surface area contributed by atoms with Gasteiger partial charge in [0.1, 0.15) is 31.0 Å². The summed E-state index contributed by atoms with van der Waals surface area (Å²) < 4.78 is 27.6. The van der Waals surface area contributed by atoms with E-state index in [2.05, 4.69) is 13.8 Å². The third kappa shape index (κ3) is 14.2. The van der Waals surface area contributed by atoms with Crippen molar-refractivity contribution in [2.45, 2.75) is 141 Å². The number of ether oxygens (including phenoxy) is 5. The van der Waals surface area contributed by atoms with E-state index in [-0.39, 0.29) is 12.8 Å². The van der Waals surface area contributed by atoms with E-state index in [1.54, 1.807) is 0 Å². The van der Waals surface area contributed by atoms with Crippen LogP contribution in [0.25, 0.3) is 0 Å². The fourth-order valence-electron chi connectivity index (χ4n) is 4.22. The van der Waals surface area contributed by atoms with Crippen molar-refractivity contribution in [1.82, 2.24) is 0 Å². The van der Waals surface area contributed by atoms with Crippen molar-refractivity contribution < 1.29 is 58.5 Å². The maximum Gasteiger partial charge on any atom is 0.306 e. The molecule has 12 heteroatoms. The second-order valence-corrected chi connectivity index (χ2v) is 10.2. The number of carbonyl (C=O) groups is 3. The Bertz CT molecular complexity index is 717. The van der Waals surface area contributed by atoms with E-state index in [0.29, 0.717) is 12.8 Å². The molecule has 0 aliphatic carbocycles. The SMILES string of the molecule is CCCCCCCC(=O)O[C@@H]1[C@H](OC[C@@H](O)[C@@H](O)CO)O[C@H](COC(C)=O)[C@@H](O)[C@@H]1OC(=O)CCCCCCC. The molecule has 0 aromatic rings. The number of aliphatic hydroxyl groups excluding tert-OH is 4. The average molecular weight is 579 g/mol. The van der Waals surface area contributed by atoms with Crippen LogP contribution in [-0.4, -0.2) is 101 Å². The predicted molar refractivity (Wildman–Crippen MR) is 143 cm³/mol. The molecule has 0 saturated carbocycles. The van der Waals surface area contributed by atoms with Crippen LogP contribution in [0.1, 0.15) is 97.8 Å². The molecular formula is C28H50O12. The third-order valence-corrected chi connectivity index (χ3v) is 6.64. The lowest BCUT2D eigenvalue weighted by atomic mass is 9.98. The highest BCUT2D eigenvalue weighted by Crippen LogP contribution is 2.29. The number of carbonyl (C=O) groups excluding carboxylic acids is 3. The third-order valence-electron chi connectivity index (χ3n) is 6.64. The van der Waals surface area contributed by atoms with Crippen molar-refractivity contribution in [1.29, 1.82) is 0 Å². The van der Waals surface area contributed by atoms with Crippen LogP contribution >= 0.6 is 0 Å². The maximum atomic E-state index is 12.7. The minimum atomic E-state index is -1.53. The van der Waals surface area contributed by atoms with Gasteiger partial charge < -0.3 is 44.1 Å². The lowest BCUT2D eigenvalue weighted by molar-refractivity contribution is -0.311. The zero-order valence-electron chi connectivity index (χ0n) is 24.2. The molecule has 0 radical (unpaired) electrons. The lowest BCUT2D eigenvalue weighted by Crippen LogP contribution is -2.62. The van der Waals surface area contributed by atoms with Gasteiger partial charge in [-0.15, -0.1) is 0 Å². The quantitative estimate of drug-likeness (QED) is 0.0885. The molecule has 1 aliphatic heterocycles. The number of esters is 3. The van der Waals surface area contributed by atoms with Gasteiger partial charge in [-0.1, -0.05) is 65.2 Å². The fraction of sp³-hybridized carbons (Fsp3) is 0.893. The number of aliphatic hydroxyl groups is 4. The topological polar surface area (TPSA) is 178 Å². The number of hydrogen-bond acceptors (Lipinski definition) is 12. The summed E-state index contributed by atoms with van der Waals surface area (Å²) in [6.07, 6.45) is -0.838. The van der Waals surface area contributed by atoms with Crippen LogP contribution in [-0.2, 0) is 38.1 Å². The minimum Gasteiger partial charge on any atom is -0.463 e. The Balaban J connectivity index is 3.08. The molecule has 1 saturated heterocycles. The Morgan fingerprint density at radius 3 is 1.82 bits per heavy atom. The first kappa shape index (κ1) is 36.2. The Morgan fingerprint density at radius 1 is 0.800 bits per heavy atom. The number of hydrogen-bond donors (Lipinski definition) is 4. The van der Waals surface area contributed by atoms with Crippen LogP contribution in [0, 0.1) is 0 Å². The van der Waals surface area contributed by atoms with Crippen LogP contribution in [0.4, 0.5) is 0 Å². The number of unbranched alkanes of at least 4 members (excludes halogenated alkanes) is 8. The molecule has 1 heterocycles. The molecule has 1 aliphatic rings. The van der Waals surface area contributed by atoms with Crippen LogP contribution in [0.2, 0.25) is 0 Å². The van der Waals surface area contributed by atoms with Gasteiger partial charge in [-0.3, -0.25) is 14.4 Å². The lowest BCUT2D eigenvalue weighted by Gasteiger charge is -2.43. The van der Waals surface area contributed by atoms with Crippen LogP contribution < -0.4 is 0 Å². The first-order valence-corrected chi connectivity index (χ1v) is 14.6. The Morgan fingerprint density at radius 2 is 1.32 bits per heavy atom. The summed E-state index contributed by atoms with van der Waals surface area (Å²) in [6.45, 7) is 3.69. The monoisotopic (exact) mass is 578 g/mol. The van der Waals surface area contributed by atoms with Gasteiger partial charge in [0, 0.05) is 19.8 Å². The summed E-state index contributed by atoms with van der Waals surface area (Å²) >= 11 is 0. The number of rotatable bonds is 21. The molecule has 0 unspecified atom stereocenters. The highest BCUT2D eigenvalue weighted by atomic mass is 16.7. The molecule has 4 N–H and O–H groups in total. The smallest absolute Gasteiger partial charge is 0.306 e. The largest absolute Gasteiger partial charge is 0.463 e. The van der Waals surface area contributed by atoms with Gasteiger partial charge >= 0.3 is 17.9 Å². The molecule has 12 nitrogen and oxygen atoms in total. The molecule has 0 amide bonds. The molecule has 40 heavy (non-hydrogen) atoms. The van der Waals surface area contributed by atoms with Gasteiger partial charge in [-0.25, -0.2) is 0 Å². The van der Waals surface area contributed by atoms with E-state index >= 15 is 0 Å². The Labute approximate surface area is 237 Å². The normalized spacial score (nSPS) is 24.2. The van der Waals surface area contributed by atoms with Gasteiger partial charge in [-0.2, -0.15) is 0 Å². The Hall–Kier alpha value is -1.83. The minimum absolute atomic E-state index is 0.0872. The summed E-state index contributed by atoms with van der Waals surface area (Å²) in [5.41, 5.74) is 0. The summed E-state index contributed by atoms with van der Waals surface area (Å²) in [6, 6.07) is 0. The van der Waals surface area contributed by atoms with Gasteiger partial charge in [0.05, 0.1) is 13.2 Å². The summed E-state index contributed by atoms with van der Waals surface area (Å²) in [4.78, 5) is 36.9. The van der Waals surface area contributed by atoms with Crippen molar-refractivity contribution >= 4 is 17.9 Å². The maximum absolute atomic E-state index is 12.7. The summed E-state index contributed by atoms with van der Waals surface area (Å²) in [7, 11) is 0. The summed E-state index contributed by atoms with van der Waals surface area (Å²) in [5, 5.41) is 39.9. The van der Waals surface area contributed by atoms with E-state index in [4.69, 9.17) is 28.8 Å². The zero-order valence-corrected chi connectivity index (χ0v) is 24.2. The average Bonchev–Trinajstić information content (AvgIpc) is 2.92. The van der Waals surface area contributed by atoms with Gasteiger partial charge in [-0.05, 0) is 12.8 Å². The first-order chi connectivity index (χ1) is 19.1. The molecule has 7 atom stereocenters. The van der Waals surface area contributed by atoms with Crippen LogP contribution in [0.3, 0.4) is 0 Å². The zero-order chi connectivity index (χ0) is 29.9. The Kier molecular flexibility index (Phi) is 19.0. The molecule has 1 rings (SSSR count). The highest BCUT2D eigenvalue weighted by Gasteiger charge is 2.51. The predicted octanol–water partition coefficient (Wildman–Crippen LogP) is 1.91. The van der Waals surface area contributed by atoms with Crippen molar-refractivity contribution in [3.8, 4) is 0 Å². The molecule has 0 aromatic heterocycles. The van der Waals surface area contributed by atoms with E-state index in [1.807, 2.05) is 0 Å². The van der Waals surface area contributed by atoms with Crippen LogP contribution in [0.15, 0.2) is 0 Å². The molecule has 0 spiro atoms. The second kappa shape index (κ2) is 21.0. The highest BCUT2D eigenvalue weighted by molar-refractivity contribution is 5.71. The van der Waals surface area contributed by atoms with E-state index in [0.717, 1.165) is 51.4 Å². The molecule has 1 fully saturated rings. The summed E-state index contributed by atoms with van der Waals surface area (Å²) in [5.74, 6) is -1.85. The van der Waals surface area contributed by atoms with Gasteiger partial charge in [0.15, 0.2) is 18.5 Å². The van der Waals surface area contributed by atoms with Gasteiger partial charge in [0.25, 0.3) is 0 Å². The molecule has 0 aromatic carbocycles. The van der Waals surface area contributed by atoms with Crippen molar-refractivity contribution in [2.75, 3.05) is 19.8 Å². The van der Waals surface area contributed by atoms with E-state index in [1.165, 1.54) is 6.92 Å².